The highest BCUT2D eigenvalue weighted by molar-refractivity contribution is 5.75. The number of nitrogens with zero attached hydrogens (tertiary/aromatic N) is 2. The molecule has 7 nitrogen and oxygen atoms in total. The van der Waals surface area contributed by atoms with Crippen LogP contribution >= 0.6 is 0 Å². The molecule has 0 amide bonds. The third-order valence-electron chi connectivity index (χ3n) is 2.12. The summed E-state index contributed by atoms with van der Waals surface area (Å²) in [7, 11) is 1.10. The molecule has 2 N–H and O–H groups in total. The number of nitrogen functional groups attached to an aromatic ring is 1. The van der Waals surface area contributed by atoms with Crippen molar-refractivity contribution in [3.05, 3.63) is 27.4 Å². The highest BCUT2D eigenvalue weighted by Crippen LogP contribution is 2.29. The maximum atomic E-state index is 12.6. The molecule has 0 unspecified atom stereocenters. The quantitative estimate of drug-likeness (QED) is 0.496. The van der Waals surface area contributed by atoms with Crippen molar-refractivity contribution in [2.75, 3.05) is 12.8 Å². The van der Waals surface area contributed by atoms with Gasteiger partial charge in [-0.05, 0) is 15.5 Å². The molecule has 0 radical (unpaired) electrons. The van der Waals surface area contributed by atoms with E-state index in [1.165, 1.54) is 0 Å². The number of ether oxygens (including phenoxy) is 1. The molecule has 1 aromatic heterocycles. The fourth-order valence-corrected chi connectivity index (χ4v) is 1.25. The number of carbonyl (C=O) groups is 1. The minimum Gasteiger partial charge on any atom is -0.469 e. The van der Waals surface area contributed by atoms with Gasteiger partial charge in [-0.15, -0.1) is 0 Å². The van der Waals surface area contributed by atoms with Gasteiger partial charge in [0.1, 0.15) is 0 Å². The van der Waals surface area contributed by atoms with E-state index in [2.05, 4.69) is 9.72 Å². The van der Waals surface area contributed by atoms with Crippen molar-refractivity contribution >= 4 is 17.5 Å². The molecule has 0 fully saturated rings. The third kappa shape index (κ3) is 2.87. The van der Waals surface area contributed by atoms with Crippen molar-refractivity contribution in [3.63, 3.8) is 0 Å². The summed E-state index contributed by atoms with van der Waals surface area (Å²) in [5.74, 6) is -1.54. The predicted octanol–water partition coefficient (Wildman–Crippen LogP) is 1.23. The fraction of sp³-hybridized carbons (Fsp3) is 0.333. The van der Waals surface area contributed by atoms with Gasteiger partial charge in [-0.1, -0.05) is 0 Å². The van der Waals surface area contributed by atoms with E-state index >= 15 is 0 Å². The van der Waals surface area contributed by atoms with Gasteiger partial charge in [-0.3, -0.25) is 4.79 Å². The molecule has 0 atom stereocenters. The number of nitrogens with two attached hydrogens (primary N) is 1. The molecule has 0 aliphatic heterocycles. The Bertz CT molecular complexity index is 493. The lowest BCUT2D eigenvalue weighted by atomic mass is 10.1. The largest absolute Gasteiger partial charge is 0.469 e. The van der Waals surface area contributed by atoms with Gasteiger partial charge in [0.2, 0.25) is 5.69 Å². The molecule has 1 aromatic rings. The number of esters is 1. The van der Waals surface area contributed by atoms with Crippen LogP contribution in [0.5, 0.6) is 0 Å². The second-order valence-corrected chi connectivity index (χ2v) is 3.25. The lowest BCUT2D eigenvalue weighted by Crippen LogP contribution is -2.11. The molecule has 0 bridgehead atoms. The molecule has 1 heterocycles. The van der Waals surface area contributed by atoms with Gasteiger partial charge in [-0.25, -0.2) is 8.78 Å². The molecule has 18 heavy (non-hydrogen) atoms. The van der Waals surface area contributed by atoms with E-state index in [4.69, 9.17) is 5.73 Å². The van der Waals surface area contributed by atoms with Crippen molar-refractivity contribution < 1.29 is 23.2 Å². The van der Waals surface area contributed by atoms with Crippen LogP contribution in [0.25, 0.3) is 0 Å². The van der Waals surface area contributed by atoms with E-state index < -0.39 is 40.9 Å². The van der Waals surface area contributed by atoms with Crippen molar-refractivity contribution in [3.8, 4) is 0 Å². The Balaban J connectivity index is 3.31. The van der Waals surface area contributed by atoms with Gasteiger partial charge < -0.3 is 20.6 Å². The van der Waals surface area contributed by atoms with Crippen LogP contribution in [0.15, 0.2) is 6.07 Å². The van der Waals surface area contributed by atoms with Crippen molar-refractivity contribution in [2.24, 2.45) is 0 Å². The number of pyridine rings is 1. The van der Waals surface area contributed by atoms with Crippen LogP contribution in [0.2, 0.25) is 0 Å². The number of hydrogen-bond donors (Lipinski definition) is 1. The zero-order valence-electron chi connectivity index (χ0n) is 9.22. The molecule has 0 aromatic carbocycles. The number of halogens is 2. The second kappa shape index (κ2) is 5.34. The van der Waals surface area contributed by atoms with E-state index in [0.717, 1.165) is 13.2 Å². The van der Waals surface area contributed by atoms with Crippen LogP contribution < -0.4 is 5.73 Å². The average molecular weight is 261 g/mol. The number of rotatable bonds is 4. The molecule has 0 aliphatic rings. The summed E-state index contributed by atoms with van der Waals surface area (Å²) in [6.07, 6.45) is -3.51. The number of nitro groups is 1. The first kappa shape index (κ1) is 13.7. The van der Waals surface area contributed by atoms with Crippen molar-refractivity contribution in [1.82, 2.24) is 4.98 Å². The van der Waals surface area contributed by atoms with Crippen LogP contribution in [0.1, 0.15) is 17.7 Å². The molecular weight excluding hydrogens is 252 g/mol. The van der Waals surface area contributed by atoms with Gasteiger partial charge in [0, 0.05) is 6.07 Å². The Morgan fingerprint density at radius 1 is 1.67 bits per heavy atom. The lowest BCUT2D eigenvalue weighted by Gasteiger charge is -2.06. The van der Waals surface area contributed by atoms with Crippen LogP contribution in [0.4, 0.5) is 20.3 Å². The molecule has 0 spiro atoms. The van der Waals surface area contributed by atoms with Crippen LogP contribution in [-0.2, 0) is 16.0 Å². The Kier molecular flexibility index (Phi) is 4.08. The summed E-state index contributed by atoms with van der Waals surface area (Å²) in [4.78, 5) is 23.8. The predicted molar refractivity (Wildman–Crippen MR) is 56.0 cm³/mol. The molecular formula is C9H9F2N3O4. The second-order valence-electron chi connectivity index (χ2n) is 3.25. The first-order valence-electron chi connectivity index (χ1n) is 4.65. The highest BCUT2D eigenvalue weighted by atomic mass is 19.3. The van der Waals surface area contributed by atoms with Crippen LogP contribution in [-0.4, -0.2) is 23.0 Å². The zero-order valence-corrected chi connectivity index (χ0v) is 9.22. The molecule has 0 aliphatic carbocycles. The monoisotopic (exact) mass is 261 g/mol. The minimum absolute atomic E-state index is 0.112. The topological polar surface area (TPSA) is 108 Å². The van der Waals surface area contributed by atoms with Gasteiger partial charge in [0.25, 0.3) is 0 Å². The average Bonchev–Trinajstić information content (AvgIpc) is 2.30. The van der Waals surface area contributed by atoms with Crippen LogP contribution in [0, 0.1) is 10.1 Å². The van der Waals surface area contributed by atoms with Gasteiger partial charge >= 0.3 is 18.2 Å². The summed E-state index contributed by atoms with van der Waals surface area (Å²) in [6.45, 7) is 0. The number of methoxy groups -OCH3 is 1. The van der Waals surface area contributed by atoms with E-state index in [9.17, 15) is 23.7 Å². The number of anilines is 1. The smallest absolute Gasteiger partial charge is 0.364 e. The minimum atomic E-state index is -3.07. The number of carbonyl (C=O) groups excluding carboxylic acids is 1. The maximum absolute atomic E-state index is 12.6. The van der Waals surface area contributed by atoms with Gasteiger partial charge in [0.15, 0.2) is 0 Å². The summed E-state index contributed by atoms with van der Waals surface area (Å²) in [6, 6.07) is 0.873. The Hall–Kier alpha value is -2.32. The number of aromatic nitrogens is 1. The van der Waals surface area contributed by atoms with Gasteiger partial charge in [-0.2, -0.15) is 0 Å². The molecule has 1 rings (SSSR count). The Labute approximate surface area is 99.7 Å². The molecule has 98 valence electrons. The molecule has 9 heteroatoms. The maximum Gasteiger partial charge on any atom is 0.364 e. The van der Waals surface area contributed by atoms with Crippen LogP contribution in [0.3, 0.4) is 0 Å². The van der Waals surface area contributed by atoms with E-state index in [1.54, 1.807) is 0 Å². The Morgan fingerprint density at radius 3 is 2.72 bits per heavy atom. The zero-order chi connectivity index (χ0) is 13.9. The first-order valence-corrected chi connectivity index (χ1v) is 4.65. The normalized spacial score (nSPS) is 10.4. The first-order chi connectivity index (χ1) is 8.36. The lowest BCUT2D eigenvalue weighted by molar-refractivity contribution is -0.389. The van der Waals surface area contributed by atoms with E-state index in [-0.39, 0.29) is 5.56 Å². The summed E-state index contributed by atoms with van der Waals surface area (Å²) in [5, 5.41) is 10.5. The summed E-state index contributed by atoms with van der Waals surface area (Å²) >= 11 is 0. The van der Waals surface area contributed by atoms with Gasteiger partial charge in [0.05, 0.1) is 19.2 Å². The summed E-state index contributed by atoms with van der Waals surface area (Å²) in [5.41, 5.74) is 3.91. The highest BCUT2D eigenvalue weighted by Gasteiger charge is 2.26. The van der Waals surface area contributed by atoms with Crippen molar-refractivity contribution in [2.45, 2.75) is 12.8 Å². The third-order valence-corrected chi connectivity index (χ3v) is 2.12. The standard InChI is InChI=1S/C9H9F2N3O4/c1-18-6(15)3-4-2-5(14(16)17)13-8(7(4)12)9(10)11/h2,9H,3,12H2,1H3. The molecule has 0 saturated carbocycles. The number of hydrogen-bond acceptors (Lipinski definition) is 6. The summed E-state index contributed by atoms with van der Waals surface area (Å²) < 4.78 is 29.5. The van der Waals surface area contributed by atoms with Crippen molar-refractivity contribution in [1.29, 1.82) is 0 Å². The SMILES string of the molecule is COC(=O)Cc1cc([N+](=O)[O-])nc(C(F)F)c1N. The molecule has 0 saturated heterocycles. The van der Waals surface area contributed by atoms with E-state index in [0.29, 0.717) is 0 Å². The fourth-order valence-electron chi connectivity index (χ4n) is 1.25. The Morgan fingerprint density at radius 2 is 2.28 bits per heavy atom. The number of alkyl halides is 2. The van der Waals surface area contributed by atoms with E-state index in [1.807, 2.05) is 0 Å².